The van der Waals surface area contributed by atoms with Gasteiger partial charge < -0.3 is 19.5 Å². The Kier molecular flexibility index (Phi) is 7.66. The number of nitrogens with one attached hydrogen (secondary N) is 1. The average Bonchev–Trinajstić information content (AvgIpc) is 2.78. The van der Waals surface area contributed by atoms with Crippen LogP contribution in [0.5, 0.6) is 17.2 Å². The highest BCUT2D eigenvalue weighted by atomic mass is 16.5. The molecule has 156 valence electrons. The van der Waals surface area contributed by atoms with E-state index < -0.39 is 0 Å². The third kappa shape index (κ3) is 5.73. The lowest BCUT2D eigenvalue weighted by atomic mass is 10.2. The van der Waals surface area contributed by atoms with Crippen molar-refractivity contribution in [1.82, 2.24) is 10.3 Å². The van der Waals surface area contributed by atoms with Gasteiger partial charge >= 0.3 is 0 Å². The number of rotatable bonds is 10. The Balaban J connectivity index is 1.40. The van der Waals surface area contributed by atoms with Crippen LogP contribution in [0.1, 0.15) is 18.9 Å². The van der Waals surface area contributed by atoms with Gasteiger partial charge in [-0.1, -0.05) is 36.4 Å². The molecule has 3 aromatic rings. The number of ether oxygens (including phenoxy) is 3. The minimum Gasteiger partial charge on any atom is -0.493 e. The Hall–Kier alpha value is -3.54. The van der Waals surface area contributed by atoms with Crippen molar-refractivity contribution in [3.8, 4) is 17.2 Å². The highest BCUT2D eigenvalue weighted by Gasteiger charge is 2.08. The van der Waals surface area contributed by atoms with Gasteiger partial charge in [0.2, 0.25) is 0 Å². The minimum atomic E-state index is -0.193. The van der Waals surface area contributed by atoms with E-state index in [9.17, 15) is 4.79 Å². The number of aromatic nitrogens is 1. The fraction of sp³-hybridized carbons (Fsp3) is 0.250. The van der Waals surface area contributed by atoms with Gasteiger partial charge in [-0.05, 0) is 43.2 Å². The molecule has 0 spiro atoms. The second kappa shape index (κ2) is 10.9. The monoisotopic (exact) mass is 406 g/mol. The molecule has 0 saturated carbocycles. The molecule has 0 aliphatic carbocycles. The number of nitrogens with zero attached hydrogens (tertiary/aromatic N) is 1. The molecule has 1 heterocycles. The quantitative estimate of drug-likeness (QED) is 0.510. The zero-order valence-corrected chi connectivity index (χ0v) is 17.3. The number of amides is 1. The summed E-state index contributed by atoms with van der Waals surface area (Å²) >= 11 is 0. The lowest BCUT2D eigenvalue weighted by Crippen LogP contribution is -2.30. The zero-order chi connectivity index (χ0) is 21.2. The van der Waals surface area contributed by atoms with Crippen LogP contribution in [-0.4, -0.2) is 37.8 Å². The maximum atomic E-state index is 12.1. The number of allylic oxidation sites excluding steroid dienone is 1. The van der Waals surface area contributed by atoms with Crippen LogP contribution in [0.15, 0.2) is 60.8 Å². The van der Waals surface area contributed by atoms with Crippen LogP contribution in [0.3, 0.4) is 0 Å². The van der Waals surface area contributed by atoms with Gasteiger partial charge in [0, 0.05) is 18.1 Å². The van der Waals surface area contributed by atoms with Crippen LogP contribution in [0.2, 0.25) is 0 Å². The first-order valence-electron chi connectivity index (χ1n) is 9.88. The summed E-state index contributed by atoms with van der Waals surface area (Å²) in [6.07, 6.45) is 6.34. The van der Waals surface area contributed by atoms with Crippen molar-refractivity contribution in [2.24, 2.45) is 0 Å². The molecule has 0 unspecified atom stereocenters. The van der Waals surface area contributed by atoms with E-state index in [0.717, 1.165) is 22.2 Å². The molecule has 0 saturated heterocycles. The first-order valence-corrected chi connectivity index (χ1v) is 9.88. The van der Waals surface area contributed by atoms with E-state index in [1.54, 1.807) is 19.4 Å². The topological polar surface area (TPSA) is 69.7 Å². The van der Waals surface area contributed by atoms with E-state index in [-0.39, 0.29) is 12.5 Å². The van der Waals surface area contributed by atoms with Gasteiger partial charge in [-0.2, -0.15) is 0 Å². The molecule has 3 rings (SSSR count). The van der Waals surface area contributed by atoms with Crippen molar-refractivity contribution in [1.29, 1.82) is 0 Å². The number of hydrogen-bond donors (Lipinski definition) is 1. The summed E-state index contributed by atoms with van der Waals surface area (Å²) in [4.78, 5) is 16.4. The molecule has 1 N–H and O–H groups in total. The lowest BCUT2D eigenvalue weighted by molar-refractivity contribution is -0.123. The smallest absolute Gasteiger partial charge is 0.257 e. The summed E-state index contributed by atoms with van der Waals surface area (Å²) in [5, 5.41) is 3.87. The predicted molar refractivity (Wildman–Crippen MR) is 118 cm³/mol. The van der Waals surface area contributed by atoms with Crippen LogP contribution in [0.25, 0.3) is 17.0 Å². The van der Waals surface area contributed by atoms with Crippen molar-refractivity contribution in [2.75, 3.05) is 26.9 Å². The maximum absolute atomic E-state index is 12.1. The number of carbonyl (C=O) groups is 1. The van der Waals surface area contributed by atoms with Crippen LogP contribution < -0.4 is 19.5 Å². The van der Waals surface area contributed by atoms with Crippen LogP contribution in [-0.2, 0) is 4.79 Å². The molecule has 1 amide bonds. The van der Waals surface area contributed by atoms with Gasteiger partial charge in [0.25, 0.3) is 5.91 Å². The van der Waals surface area contributed by atoms with Crippen LogP contribution in [0.4, 0.5) is 0 Å². The van der Waals surface area contributed by atoms with Gasteiger partial charge in [0.1, 0.15) is 11.3 Å². The molecule has 30 heavy (non-hydrogen) atoms. The fourth-order valence-corrected chi connectivity index (χ4v) is 2.97. The molecular weight excluding hydrogens is 380 g/mol. The summed E-state index contributed by atoms with van der Waals surface area (Å²) < 4.78 is 16.8. The Labute approximate surface area is 176 Å². The van der Waals surface area contributed by atoms with Crippen molar-refractivity contribution in [2.45, 2.75) is 13.3 Å². The summed E-state index contributed by atoms with van der Waals surface area (Å²) in [5.41, 5.74) is 1.85. The first kappa shape index (κ1) is 21.2. The minimum absolute atomic E-state index is 0.0760. The largest absolute Gasteiger partial charge is 0.493 e. The van der Waals surface area contributed by atoms with E-state index in [4.69, 9.17) is 14.2 Å². The predicted octanol–water partition coefficient (Wildman–Crippen LogP) is 4.24. The third-order valence-corrected chi connectivity index (χ3v) is 4.40. The third-order valence-electron chi connectivity index (χ3n) is 4.40. The van der Waals surface area contributed by atoms with E-state index in [2.05, 4.69) is 10.3 Å². The number of hydrogen-bond acceptors (Lipinski definition) is 5. The van der Waals surface area contributed by atoms with Gasteiger partial charge in [0.05, 0.1) is 13.7 Å². The second-order valence-electron chi connectivity index (χ2n) is 6.58. The van der Waals surface area contributed by atoms with Crippen molar-refractivity contribution >= 4 is 22.9 Å². The average molecular weight is 406 g/mol. The molecule has 1 aromatic heterocycles. The SMILES string of the molecule is C/C=C/c1ccc(OCC(=O)NCCCOc2cccc3cccnc23)c(OC)c1. The van der Waals surface area contributed by atoms with Gasteiger partial charge in [-0.3, -0.25) is 9.78 Å². The number of benzene rings is 2. The van der Waals surface area contributed by atoms with Gasteiger partial charge in [-0.15, -0.1) is 0 Å². The molecule has 0 aliphatic rings. The van der Waals surface area contributed by atoms with Crippen LogP contribution >= 0.6 is 0 Å². The summed E-state index contributed by atoms with van der Waals surface area (Å²) in [5.74, 6) is 1.68. The Morgan fingerprint density at radius 1 is 1.07 bits per heavy atom. The normalized spacial score (nSPS) is 10.9. The molecular formula is C24H26N2O4. The van der Waals surface area contributed by atoms with E-state index >= 15 is 0 Å². The molecule has 0 atom stereocenters. The molecule has 0 bridgehead atoms. The highest BCUT2D eigenvalue weighted by Crippen LogP contribution is 2.28. The standard InChI is InChI=1S/C24H26N2O4/c1-3-7-18-11-12-20(22(16-18)28-2)30-17-23(27)25-14-6-15-29-21-10-4-8-19-9-5-13-26-24(19)21/h3-5,7-13,16H,6,14-15,17H2,1-2H3,(H,25,27)/b7-3+. The number of methoxy groups -OCH3 is 1. The number of fused-ring (bicyclic) bond motifs is 1. The van der Waals surface area contributed by atoms with E-state index in [1.165, 1.54) is 0 Å². The molecule has 6 heteroatoms. The highest BCUT2D eigenvalue weighted by molar-refractivity contribution is 5.84. The van der Waals surface area contributed by atoms with E-state index in [0.29, 0.717) is 31.1 Å². The van der Waals surface area contributed by atoms with Crippen LogP contribution in [0, 0.1) is 0 Å². The maximum Gasteiger partial charge on any atom is 0.257 e. The molecule has 2 aromatic carbocycles. The lowest BCUT2D eigenvalue weighted by Gasteiger charge is -2.12. The fourth-order valence-electron chi connectivity index (χ4n) is 2.97. The molecule has 0 fully saturated rings. The van der Waals surface area contributed by atoms with Crippen molar-refractivity contribution < 1.29 is 19.0 Å². The summed E-state index contributed by atoms with van der Waals surface area (Å²) in [7, 11) is 1.58. The second-order valence-corrected chi connectivity index (χ2v) is 6.58. The number of pyridine rings is 1. The summed E-state index contributed by atoms with van der Waals surface area (Å²) in [6, 6.07) is 15.3. The summed E-state index contributed by atoms with van der Waals surface area (Å²) in [6.45, 7) is 2.85. The van der Waals surface area contributed by atoms with Crippen molar-refractivity contribution in [3.05, 3.63) is 66.4 Å². The van der Waals surface area contributed by atoms with Crippen molar-refractivity contribution in [3.63, 3.8) is 0 Å². The number of para-hydroxylation sites is 1. The number of carbonyl (C=O) groups excluding carboxylic acids is 1. The first-order chi connectivity index (χ1) is 14.7. The molecule has 6 nitrogen and oxygen atoms in total. The Morgan fingerprint density at radius 2 is 1.93 bits per heavy atom. The molecule has 0 aliphatic heterocycles. The van der Waals surface area contributed by atoms with Gasteiger partial charge in [0.15, 0.2) is 18.1 Å². The Morgan fingerprint density at radius 3 is 2.77 bits per heavy atom. The van der Waals surface area contributed by atoms with Gasteiger partial charge in [-0.25, -0.2) is 0 Å². The Bertz CT molecular complexity index is 1010. The van der Waals surface area contributed by atoms with E-state index in [1.807, 2.05) is 61.5 Å². The zero-order valence-electron chi connectivity index (χ0n) is 17.3. The molecule has 0 radical (unpaired) electrons.